The third kappa shape index (κ3) is 1.46. The van der Waals surface area contributed by atoms with E-state index >= 15 is 0 Å². The second-order valence-corrected chi connectivity index (χ2v) is 5.40. The van der Waals surface area contributed by atoms with Crippen molar-refractivity contribution < 1.29 is 8.78 Å². The molecule has 2 rings (SSSR count). The molecule has 0 radical (unpaired) electrons. The van der Waals surface area contributed by atoms with Crippen LogP contribution in [0.25, 0.3) is 0 Å². The van der Waals surface area contributed by atoms with Crippen LogP contribution in [0.15, 0.2) is 0 Å². The third-order valence-corrected chi connectivity index (χ3v) is 4.61. The van der Waals surface area contributed by atoms with Gasteiger partial charge in [-0.25, -0.2) is 8.78 Å². The fraction of sp³-hybridized carbons (Fsp3) is 1.00. The van der Waals surface area contributed by atoms with Crippen LogP contribution in [0.2, 0.25) is 0 Å². The lowest BCUT2D eigenvalue weighted by molar-refractivity contribution is -0.0808. The topological polar surface area (TPSA) is 26.0 Å². The van der Waals surface area contributed by atoms with E-state index in [4.69, 9.17) is 5.73 Å². The lowest BCUT2D eigenvalue weighted by Crippen LogP contribution is -2.44. The molecule has 2 N–H and O–H groups in total. The quantitative estimate of drug-likeness (QED) is 0.733. The SMILES string of the molecule is CC1(C2(CN)CCC(F)(F)CC2)CC1. The van der Waals surface area contributed by atoms with Gasteiger partial charge in [-0.05, 0) is 43.1 Å². The first-order valence-corrected chi connectivity index (χ1v) is 5.51. The van der Waals surface area contributed by atoms with Gasteiger partial charge in [-0.15, -0.1) is 0 Å². The maximum atomic E-state index is 13.1. The summed E-state index contributed by atoms with van der Waals surface area (Å²) in [6, 6.07) is 0. The molecule has 0 atom stereocenters. The summed E-state index contributed by atoms with van der Waals surface area (Å²) in [6.07, 6.45) is 3.67. The minimum Gasteiger partial charge on any atom is -0.330 e. The average Bonchev–Trinajstić information content (AvgIpc) is 2.86. The second kappa shape index (κ2) is 2.91. The highest BCUT2D eigenvalue weighted by Gasteiger charge is 2.57. The van der Waals surface area contributed by atoms with Crippen LogP contribution in [0, 0.1) is 10.8 Å². The largest absolute Gasteiger partial charge is 0.330 e. The zero-order valence-electron chi connectivity index (χ0n) is 8.78. The van der Waals surface area contributed by atoms with E-state index in [2.05, 4.69) is 6.92 Å². The highest BCUT2D eigenvalue weighted by atomic mass is 19.3. The van der Waals surface area contributed by atoms with Gasteiger partial charge in [0.25, 0.3) is 0 Å². The molecule has 1 nitrogen and oxygen atoms in total. The van der Waals surface area contributed by atoms with E-state index in [1.165, 1.54) is 12.8 Å². The van der Waals surface area contributed by atoms with Gasteiger partial charge in [0.05, 0.1) is 0 Å². The van der Waals surface area contributed by atoms with Crippen LogP contribution in [0.5, 0.6) is 0 Å². The predicted octanol–water partition coefficient (Wildman–Crippen LogP) is 2.94. The van der Waals surface area contributed by atoms with Gasteiger partial charge >= 0.3 is 0 Å². The van der Waals surface area contributed by atoms with Crippen molar-refractivity contribution in [3.63, 3.8) is 0 Å². The smallest absolute Gasteiger partial charge is 0.248 e. The average molecular weight is 203 g/mol. The molecule has 82 valence electrons. The summed E-state index contributed by atoms with van der Waals surface area (Å²) in [5.41, 5.74) is 6.11. The van der Waals surface area contributed by atoms with E-state index in [-0.39, 0.29) is 23.7 Å². The van der Waals surface area contributed by atoms with Crippen LogP contribution < -0.4 is 5.73 Å². The summed E-state index contributed by atoms with van der Waals surface area (Å²) in [7, 11) is 0. The molecule has 0 heterocycles. The number of rotatable bonds is 2. The normalized spacial score (nSPS) is 32.6. The summed E-state index contributed by atoms with van der Waals surface area (Å²) in [5, 5.41) is 0. The van der Waals surface area contributed by atoms with Gasteiger partial charge in [0.1, 0.15) is 0 Å². The van der Waals surface area contributed by atoms with Gasteiger partial charge in [0, 0.05) is 12.8 Å². The molecule has 0 spiro atoms. The fourth-order valence-corrected chi connectivity index (χ4v) is 2.87. The second-order valence-electron chi connectivity index (χ2n) is 5.40. The Hall–Kier alpha value is -0.180. The predicted molar refractivity (Wildman–Crippen MR) is 52.2 cm³/mol. The van der Waals surface area contributed by atoms with Gasteiger partial charge in [-0.1, -0.05) is 6.92 Å². The van der Waals surface area contributed by atoms with E-state index in [0.717, 1.165) is 0 Å². The Morgan fingerprint density at radius 1 is 1.00 bits per heavy atom. The van der Waals surface area contributed by atoms with Crippen LogP contribution in [-0.4, -0.2) is 12.5 Å². The molecule has 2 aliphatic rings. The zero-order valence-corrected chi connectivity index (χ0v) is 8.78. The Balaban J connectivity index is 2.09. The zero-order chi connectivity index (χ0) is 10.4. The Morgan fingerprint density at radius 2 is 1.50 bits per heavy atom. The van der Waals surface area contributed by atoms with Gasteiger partial charge in [-0.2, -0.15) is 0 Å². The van der Waals surface area contributed by atoms with E-state index in [9.17, 15) is 8.78 Å². The van der Waals surface area contributed by atoms with Crippen molar-refractivity contribution in [3.05, 3.63) is 0 Å². The number of alkyl halides is 2. The highest BCUT2D eigenvalue weighted by Crippen LogP contribution is 2.64. The summed E-state index contributed by atoms with van der Waals surface area (Å²) in [5.74, 6) is -2.43. The summed E-state index contributed by atoms with van der Waals surface area (Å²) in [6.45, 7) is 2.79. The Labute approximate surface area is 84.0 Å². The van der Waals surface area contributed by atoms with E-state index in [0.29, 0.717) is 19.4 Å². The molecule has 0 aromatic heterocycles. The molecule has 3 heteroatoms. The fourth-order valence-electron chi connectivity index (χ4n) is 2.87. The first-order chi connectivity index (χ1) is 6.43. The van der Waals surface area contributed by atoms with Crippen molar-refractivity contribution in [1.29, 1.82) is 0 Å². The standard InChI is InChI=1S/C11H19F2N/c1-9(2-3-9)10(8-14)4-6-11(12,13)7-5-10/h2-8,14H2,1H3. The molecule has 2 fully saturated rings. The first kappa shape index (κ1) is 10.3. The van der Waals surface area contributed by atoms with Crippen molar-refractivity contribution in [2.75, 3.05) is 6.54 Å². The number of nitrogens with two attached hydrogens (primary N) is 1. The third-order valence-electron chi connectivity index (χ3n) is 4.61. The highest BCUT2D eigenvalue weighted by molar-refractivity contribution is 5.07. The molecule has 0 aromatic carbocycles. The van der Waals surface area contributed by atoms with E-state index < -0.39 is 5.92 Å². The van der Waals surface area contributed by atoms with Gasteiger partial charge in [0.15, 0.2) is 0 Å². The maximum Gasteiger partial charge on any atom is 0.248 e. The summed E-state index contributed by atoms with van der Waals surface area (Å²) in [4.78, 5) is 0. The molecule has 0 amide bonds. The van der Waals surface area contributed by atoms with E-state index in [1.54, 1.807) is 0 Å². The molecule has 0 aliphatic heterocycles. The summed E-state index contributed by atoms with van der Waals surface area (Å²) < 4.78 is 26.1. The molecule has 0 aromatic rings. The Morgan fingerprint density at radius 3 is 1.86 bits per heavy atom. The lowest BCUT2D eigenvalue weighted by Gasteiger charge is -2.44. The summed E-state index contributed by atoms with van der Waals surface area (Å²) >= 11 is 0. The minimum absolute atomic E-state index is 0.0225. The van der Waals surface area contributed by atoms with Gasteiger partial charge in [-0.3, -0.25) is 0 Å². The molecule has 2 aliphatic carbocycles. The van der Waals surface area contributed by atoms with E-state index in [1.807, 2.05) is 0 Å². The number of hydrogen-bond acceptors (Lipinski definition) is 1. The minimum atomic E-state index is -2.43. The number of hydrogen-bond donors (Lipinski definition) is 1. The molecule has 0 bridgehead atoms. The van der Waals surface area contributed by atoms with Crippen molar-refractivity contribution in [2.24, 2.45) is 16.6 Å². The van der Waals surface area contributed by atoms with Crippen molar-refractivity contribution >= 4 is 0 Å². The molecule has 14 heavy (non-hydrogen) atoms. The molecule has 0 saturated heterocycles. The van der Waals surface area contributed by atoms with Crippen LogP contribution in [-0.2, 0) is 0 Å². The van der Waals surface area contributed by atoms with Crippen molar-refractivity contribution in [2.45, 2.75) is 51.4 Å². The van der Waals surface area contributed by atoms with Crippen LogP contribution in [0.1, 0.15) is 45.4 Å². The monoisotopic (exact) mass is 203 g/mol. The lowest BCUT2D eigenvalue weighted by atomic mass is 9.63. The molecule has 0 unspecified atom stereocenters. The van der Waals surface area contributed by atoms with Crippen LogP contribution >= 0.6 is 0 Å². The first-order valence-electron chi connectivity index (χ1n) is 5.51. The Bertz CT molecular complexity index is 223. The van der Waals surface area contributed by atoms with Crippen LogP contribution in [0.4, 0.5) is 8.78 Å². The number of halogens is 2. The van der Waals surface area contributed by atoms with Crippen molar-refractivity contribution in [3.8, 4) is 0 Å². The van der Waals surface area contributed by atoms with Crippen LogP contribution in [0.3, 0.4) is 0 Å². The van der Waals surface area contributed by atoms with Crippen molar-refractivity contribution in [1.82, 2.24) is 0 Å². The van der Waals surface area contributed by atoms with Gasteiger partial charge in [0.2, 0.25) is 5.92 Å². The maximum absolute atomic E-state index is 13.1. The Kier molecular flexibility index (Phi) is 2.15. The van der Waals surface area contributed by atoms with Gasteiger partial charge < -0.3 is 5.73 Å². The molecular weight excluding hydrogens is 184 g/mol. The molecular formula is C11H19F2N. The molecule has 2 saturated carbocycles.